The standard InChI is InChI=1S/C21H23NO4S/c1-16-6-8-18(9-7-16)21(26-13-12-23)15-22-27(24,25)20-11-10-17-4-2-3-5-19(17)14-20/h2-11,14,21-23H,12-13,15H2,1H3. The van der Waals surface area contributed by atoms with Crippen molar-refractivity contribution in [1.82, 2.24) is 4.72 Å². The van der Waals surface area contributed by atoms with Crippen LogP contribution in [0.15, 0.2) is 71.6 Å². The molecule has 0 spiro atoms. The lowest BCUT2D eigenvalue weighted by atomic mass is 10.1. The van der Waals surface area contributed by atoms with Gasteiger partial charge in [-0.3, -0.25) is 0 Å². The SMILES string of the molecule is Cc1ccc(C(CNS(=O)(=O)c2ccc3ccccc3c2)OCCO)cc1. The summed E-state index contributed by atoms with van der Waals surface area (Å²) in [5, 5.41) is 10.9. The van der Waals surface area contributed by atoms with E-state index in [-0.39, 0.29) is 24.7 Å². The molecule has 3 aromatic rings. The van der Waals surface area contributed by atoms with Gasteiger partial charge in [0.2, 0.25) is 10.0 Å². The molecule has 0 saturated carbocycles. The Bertz CT molecular complexity index is 1000. The maximum absolute atomic E-state index is 12.7. The van der Waals surface area contributed by atoms with Gasteiger partial charge < -0.3 is 9.84 Å². The molecule has 0 radical (unpaired) electrons. The maximum Gasteiger partial charge on any atom is 0.240 e. The monoisotopic (exact) mass is 385 g/mol. The Kier molecular flexibility index (Phi) is 6.23. The second-order valence-electron chi connectivity index (χ2n) is 6.35. The molecule has 0 aliphatic carbocycles. The smallest absolute Gasteiger partial charge is 0.240 e. The molecule has 1 unspecified atom stereocenters. The Morgan fingerprint density at radius 2 is 1.70 bits per heavy atom. The van der Waals surface area contributed by atoms with E-state index in [4.69, 9.17) is 9.84 Å². The molecular weight excluding hydrogens is 362 g/mol. The number of aryl methyl sites for hydroxylation is 1. The number of nitrogens with one attached hydrogen (secondary N) is 1. The van der Waals surface area contributed by atoms with Crippen LogP contribution in [-0.2, 0) is 14.8 Å². The van der Waals surface area contributed by atoms with Crippen LogP contribution in [0, 0.1) is 6.92 Å². The van der Waals surface area contributed by atoms with E-state index in [0.717, 1.165) is 21.9 Å². The first-order valence-corrected chi connectivity index (χ1v) is 10.3. The van der Waals surface area contributed by atoms with Crippen molar-refractivity contribution < 1.29 is 18.3 Å². The quantitative estimate of drug-likeness (QED) is 0.624. The molecule has 0 heterocycles. The van der Waals surface area contributed by atoms with Gasteiger partial charge in [-0.05, 0) is 35.4 Å². The van der Waals surface area contributed by atoms with Crippen LogP contribution in [0.2, 0.25) is 0 Å². The number of sulfonamides is 1. The number of aliphatic hydroxyl groups is 1. The number of ether oxygens (including phenoxy) is 1. The van der Waals surface area contributed by atoms with Crippen molar-refractivity contribution in [2.75, 3.05) is 19.8 Å². The van der Waals surface area contributed by atoms with Crippen LogP contribution in [0.4, 0.5) is 0 Å². The molecule has 0 amide bonds. The summed E-state index contributed by atoms with van der Waals surface area (Å²) in [5.41, 5.74) is 1.96. The largest absolute Gasteiger partial charge is 0.394 e. The minimum absolute atomic E-state index is 0.0816. The zero-order valence-electron chi connectivity index (χ0n) is 15.1. The third-order valence-corrected chi connectivity index (χ3v) is 5.77. The first-order valence-electron chi connectivity index (χ1n) is 8.77. The summed E-state index contributed by atoms with van der Waals surface area (Å²) in [6, 6.07) is 20.4. The van der Waals surface area contributed by atoms with Crippen molar-refractivity contribution in [2.45, 2.75) is 17.9 Å². The lowest BCUT2D eigenvalue weighted by molar-refractivity contribution is 0.0309. The topological polar surface area (TPSA) is 75.6 Å². The van der Waals surface area contributed by atoms with E-state index in [1.54, 1.807) is 18.2 Å². The summed E-state index contributed by atoms with van der Waals surface area (Å²) in [7, 11) is -3.68. The molecule has 142 valence electrons. The van der Waals surface area contributed by atoms with Gasteiger partial charge in [0, 0.05) is 6.54 Å². The fraction of sp³-hybridized carbons (Fsp3) is 0.238. The van der Waals surface area contributed by atoms with Crippen LogP contribution in [0.1, 0.15) is 17.2 Å². The van der Waals surface area contributed by atoms with E-state index in [1.807, 2.05) is 55.5 Å². The van der Waals surface area contributed by atoms with Crippen molar-refractivity contribution in [3.05, 3.63) is 77.9 Å². The highest BCUT2D eigenvalue weighted by Crippen LogP contribution is 2.21. The Morgan fingerprint density at radius 1 is 1.00 bits per heavy atom. The highest BCUT2D eigenvalue weighted by molar-refractivity contribution is 7.89. The van der Waals surface area contributed by atoms with Gasteiger partial charge >= 0.3 is 0 Å². The number of aliphatic hydroxyl groups excluding tert-OH is 1. The van der Waals surface area contributed by atoms with E-state index < -0.39 is 16.1 Å². The third kappa shape index (κ3) is 4.93. The normalized spacial score (nSPS) is 13.0. The number of fused-ring (bicyclic) bond motifs is 1. The predicted octanol–water partition coefficient (Wildman–Crippen LogP) is 3.18. The molecule has 0 aliphatic heterocycles. The fourth-order valence-corrected chi connectivity index (χ4v) is 3.92. The van der Waals surface area contributed by atoms with Crippen LogP contribution in [-0.4, -0.2) is 33.3 Å². The number of rotatable bonds is 8. The molecule has 0 saturated heterocycles. The highest BCUT2D eigenvalue weighted by atomic mass is 32.2. The molecular formula is C21H23NO4S. The van der Waals surface area contributed by atoms with Crippen molar-refractivity contribution in [3.63, 3.8) is 0 Å². The highest BCUT2D eigenvalue weighted by Gasteiger charge is 2.19. The minimum Gasteiger partial charge on any atom is -0.394 e. The van der Waals surface area contributed by atoms with Crippen molar-refractivity contribution in [1.29, 1.82) is 0 Å². The summed E-state index contributed by atoms with van der Waals surface area (Å²) >= 11 is 0. The van der Waals surface area contributed by atoms with E-state index in [2.05, 4.69) is 4.72 Å². The maximum atomic E-state index is 12.7. The second-order valence-corrected chi connectivity index (χ2v) is 8.12. The molecule has 0 aliphatic rings. The molecule has 3 aromatic carbocycles. The van der Waals surface area contributed by atoms with Gasteiger partial charge in [-0.15, -0.1) is 0 Å². The van der Waals surface area contributed by atoms with E-state index in [1.165, 1.54) is 0 Å². The van der Waals surface area contributed by atoms with Gasteiger partial charge in [-0.25, -0.2) is 13.1 Å². The molecule has 2 N–H and O–H groups in total. The Labute approximate surface area is 159 Å². The molecule has 3 rings (SSSR count). The average Bonchev–Trinajstić information content (AvgIpc) is 2.68. The van der Waals surface area contributed by atoms with Gasteiger partial charge in [0.05, 0.1) is 24.2 Å². The molecule has 0 bridgehead atoms. The van der Waals surface area contributed by atoms with Crippen molar-refractivity contribution in [2.24, 2.45) is 0 Å². The summed E-state index contributed by atoms with van der Waals surface area (Å²) in [4.78, 5) is 0.214. The first-order chi connectivity index (χ1) is 13.0. The lowest BCUT2D eigenvalue weighted by Crippen LogP contribution is -2.30. The Balaban J connectivity index is 1.78. The van der Waals surface area contributed by atoms with E-state index >= 15 is 0 Å². The zero-order valence-corrected chi connectivity index (χ0v) is 15.9. The molecule has 6 heteroatoms. The van der Waals surface area contributed by atoms with Crippen molar-refractivity contribution in [3.8, 4) is 0 Å². The average molecular weight is 385 g/mol. The molecule has 1 atom stereocenters. The molecule has 5 nitrogen and oxygen atoms in total. The number of hydrogen-bond acceptors (Lipinski definition) is 4. The summed E-state index contributed by atoms with van der Waals surface area (Å²) in [5.74, 6) is 0. The van der Waals surface area contributed by atoms with Crippen LogP contribution < -0.4 is 4.72 Å². The van der Waals surface area contributed by atoms with Crippen LogP contribution in [0.5, 0.6) is 0 Å². The first kappa shape index (κ1) is 19.5. The minimum atomic E-state index is -3.68. The third-order valence-electron chi connectivity index (χ3n) is 4.35. The molecule has 0 fully saturated rings. The number of hydrogen-bond donors (Lipinski definition) is 2. The number of benzene rings is 3. The van der Waals surface area contributed by atoms with Gasteiger partial charge in [0.25, 0.3) is 0 Å². The zero-order chi connectivity index (χ0) is 19.3. The molecule has 27 heavy (non-hydrogen) atoms. The van der Waals surface area contributed by atoms with Crippen LogP contribution in [0.3, 0.4) is 0 Å². The van der Waals surface area contributed by atoms with E-state index in [0.29, 0.717) is 0 Å². The summed E-state index contributed by atoms with van der Waals surface area (Å²) in [6.45, 7) is 2.07. The lowest BCUT2D eigenvalue weighted by Gasteiger charge is -2.19. The van der Waals surface area contributed by atoms with Gasteiger partial charge in [0.15, 0.2) is 0 Å². The Hall–Kier alpha value is -2.25. The summed E-state index contributed by atoms with van der Waals surface area (Å²) < 4.78 is 33.7. The van der Waals surface area contributed by atoms with Crippen LogP contribution in [0.25, 0.3) is 10.8 Å². The van der Waals surface area contributed by atoms with Crippen molar-refractivity contribution >= 4 is 20.8 Å². The van der Waals surface area contributed by atoms with E-state index in [9.17, 15) is 8.42 Å². The second kappa shape index (κ2) is 8.63. The summed E-state index contributed by atoms with van der Waals surface area (Å²) in [6.07, 6.45) is -0.479. The van der Waals surface area contributed by atoms with Gasteiger partial charge in [-0.2, -0.15) is 0 Å². The van der Waals surface area contributed by atoms with Gasteiger partial charge in [0.1, 0.15) is 0 Å². The van der Waals surface area contributed by atoms with Gasteiger partial charge in [-0.1, -0.05) is 60.2 Å². The Morgan fingerprint density at radius 3 is 2.41 bits per heavy atom. The van der Waals surface area contributed by atoms with Crippen LogP contribution >= 0.6 is 0 Å². The predicted molar refractivity (Wildman–Crippen MR) is 106 cm³/mol. The molecule has 0 aromatic heterocycles. The fourth-order valence-electron chi connectivity index (χ4n) is 2.85.